The molecule has 0 spiro atoms. The summed E-state index contributed by atoms with van der Waals surface area (Å²) < 4.78 is 0. The molecule has 0 saturated heterocycles. The average molecular weight is 286 g/mol. The van der Waals surface area contributed by atoms with Crippen molar-refractivity contribution in [3.63, 3.8) is 0 Å². The van der Waals surface area contributed by atoms with Crippen LogP contribution in [0.2, 0.25) is 0 Å². The first kappa shape index (κ1) is 14.4. The third-order valence-electron chi connectivity index (χ3n) is 3.07. The molecule has 0 unspecified atom stereocenters. The first-order chi connectivity index (χ1) is 9.90. The monoisotopic (exact) mass is 286 g/mol. The number of phenols is 1. The highest BCUT2D eigenvalue weighted by atomic mass is 16.4. The van der Waals surface area contributed by atoms with Crippen LogP contribution in [0.5, 0.6) is 5.75 Å². The molecule has 0 aliphatic heterocycles. The summed E-state index contributed by atoms with van der Waals surface area (Å²) in [5.41, 5.74) is 6.57. The predicted molar refractivity (Wildman–Crippen MR) is 78.6 cm³/mol. The number of nitrogens with two attached hydrogens (primary N) is 1. The Hall–Kier alpha value is -3.02. The maximum absolute atomic E-state index is 12.2. The smallest absolute Gasteiger partial charge is 0.337 e. The quantitative estimate of drug-likeness (QED) is 0.646. The number of hydrogen-bond donors (Lipinski definition) is 4. The maximum atomic E-state index is 12.2. The molecule has 5 N–H and O–H groups in total. The summed E-state index contributed by atoms with van der Waals surface area (Å²) in [5.74, 6) is -1.70. The minimum atomic E-state index is -1.19. The molecule has 21 heavy (non-hydrogen) atoms. The van der Waals surface area contributed by atoms with Crippen LogP contribution >= 0.6 is 0 Å². The van der Waals surface area contributed by atoms with Crippen molar-refractivity contribution < 1.29 is 19.8 Å². The number of carboxylic acids is 1. The Balaban J connectivity index is 2.36. The Morgan fingerprint density at radius 2 is 1.86 bits per heavy atom. The lowest BCUT2D eigenvalue weighted by Gasteiger charge is -2.11. The van der Waals surface area contributed by atoms with E-state index in [1.54, 1.807) is 19.1 Å². The number of carbonyl (C=O) groups is 2. The van der Waals surface area contributed by atoms with Gasteiger partial charge in [-0.2, -0.15) is 0 Å². The van der Waals surface area contributed by atoms with Gasteiger partial charge in [0.05, 0.1) is 11.3 Å². The van der Waals surface area contributed by atoms with E-state index < -0.39 is 11.9 Å². The van der Waals surface area contributed by atoms with Gasteiger partial charge in [-0.1, -0.05) is 6.07 Å². The molecular weight excluding hydrogens is 272 g/mol. The molecule has 6 nitrogen and oxygen atoms in total. The van der Waals surface area contributed by atoms with Crippen LogP contribution in [0, 0.1) is 6.92 Å². The van der Waals surface area contributed by atoms with Crippen molar-refractivity contribution in [2.24, 2.45) is 0 Å². The van der Waals surface area contributed by atoms with Gasteiger partial charge in [0.15, 0.2) is 0 Å². The Morgan fingerprint density at radius 3 is 2.52 bits per heavy atom. The number of nitrogen functional groups attached to an aromatic ring is 1. The number of hydrogen-bond acceptors (Lipinski definition) is 4. The molecule has 0 bridgehead atoms. The standard InChI is InChI=1S/C15H14N2O4/c1-8-10(3-2-4-13(8)18)14(19)17-12-6-5-9(16)7-11(12)15(20)21/h2-7,18H,16H2,1H3,(H,17,19)(H,20,21). The molecule has 0 aliphatic rings. The Labute approximate surface area is 120 Å². The van der Waals surface area contributed by atoms with Gasteiger partial charge >= 0.3 is 5.97 Å². The van der Waals surface area contributed by atoms with Crippen molar-refractivity contribution in [3.8, 4) is 5.75 Å². The number of carboxylic acid groups (broad SMARTS) is 1. The first-order valence-corrected chi connectivity index (χ1v) is 6.13. The highest BCUT2D eigenvalue weighted by Gasteiger charge is 2.16. The summed E-state index contributed by atoms with van der Waals surface area (Å²) in [4.78, 5) is 23.4. The molecule has 0 radical (unpaired) electrons. The first-order valence-electron chi connectivity index (χ1n) is 6.13. The van der Waals surface area contributed by atoms with E-state index in [0.29, 0.717) is 11.3 Å². The largest absolute Gasteiger partial charge is 0.508 e. The van der Waals surface area contributed by atoms with Gasteiger partial charge in [-0.25, -0.2) is 4.79 Å². The lowest BCUT2D eigenvalue weighted by Crippen LogP contribution is -2.16. The lowest BCUT2D eigenvalue weighted by molar-refractivity contribution is 0.0698. The third-order valence-corrected chi connectivity index (χ3v) is 3.07. The van der Waals surface area contributed by atoms with Crippen molar-refractivity contribution in [3.05, 3.63) is 53.1 Å². The minimum Gasteiger partial charge on any atom is -0.508 e. The van der Waals surface area contributed by atoms with Crippen LogP contribution in [0.1, 0.15) is 26.3 Å². The second-order valence-electron chi connectivity index (χ2n) is 4.51. The van der Waals surface area contributed by atoms with Crippen LogP contribution in [0.15, 0.2) is 36.4 Å². The van der Waals surface area contributed by atoms with Crippen LogP contribution in [0.4, 0.5) is 11.4 Å². The van der Waals surface area contributed by atoms with Gasteiger partial charge in [0, 0.05) is 16.8 Å². The van der Waals surface area contributed by atoms with Gasteiger partial charge in [0.25, 0.3) is 5.91 Å². The highest BCUT2D eigenvalue weighted by molar-refractivity contribution is 6.09. The molecule has 108 valence electrons. The molecule has 6 heteroatoms. The van der Waals surface area contributed by atoms with E-state index in [0.717, 1.165) is 0 Å². The molecule has 0 fully saturated rings. The van der Waals surface area contributed by atoms with E-state index in [9.17, 15) is 14.7 Å². The summed E-state index contributed by atoms with van der Waals surface area (Å²) in [5, 5.41) is 21.2. The number of aromatic hydroxyl groups is 1. The molecule has 1 amide bonds. The average Bonchev–Trinajstić information content (AvgIpc) is 2.43. The summed E-state index contributed by atoms with van der Waals surface area (Å²) in [6, 6.07) is 8.75. The third kappa shape index (κ3) is 2.94. The van der Waals surface area contributed by atoms with Gasteiger partial charge in [-0.15, -0.1) is 0 Å². The number of carbonyl (C=O) groups excluding carboxylic acids is 1. The minimum absolute atomic E-state index is 0.00147. The molecule has 2 rings (SSSR count). The number of anilines is 2. The van der Waals surface area contributed by atoms with Gasteiger partial charge < -0.3 is 21.3 Å². The van der Waals surface area contributed by atoms with Crippen molar-refractivity contribution in [1.29, 1.82) is 0 Å². The molecule has 2 aromatic rings. The van der Waals surface area contributed by atoms with Crippen LogP contribution < -0.4 is 11.1 Å². The lowest BCUT2D eigenvalue weighted by atomic mass is 10.1. The van der Waals surface area contributed by atoms with E-state index in [-0.39, 0.29) is 22.6 Å². The fourth-order valence-corrected chi connectivity index (χ4v) is 1.91. The molecule has 0 atom stereocenters. The second-order valence-corrected chi connectivity index (χ2v) is 4.51. The molecular formula is C15H14N2O4. The molecule has 0 aliphatic carbocycles. The molecule has 0 aromatic heterocycles. The van der Waals surface area contributed by atoms with E-state index in [1.807, 2.05) is 0 Å². The zero-order chi connectivity index (χ0) is 15.6. The number of phenolic OH excluding ortho intramolecular Hbond substituents is 1. The fraction of sp³-hybridized carbons (Fsp3) is 0.0667. The highest BCUT2D eigenvalue weighted by Crippen LogP contribution is 2.23. The van der Waals surface area contributed by atoms with Crippen molar-refractivity contribution in [2.45, 2.75) is 6.92 Å². The molecule has 0 saturated carbocycles. The number of nitrogens with one attached hydrogen (secondary N) is 1. The second kappa shape index (κ2) is 5.54. The summed E-state index contributed by atoms with van der Waals surface area (Å²) in [6.07, 6.45) is 0. The van der Waals surface area contributed by atoms with E-state index in [1.165, 1.54) is 24.3 Å². The van der Waals surface area contributed by atoms with Gasteiger partial charge in [0.1, 0.15) is 5.75 Å². The van der Waals surface area contributed by atoms with Crippen LogP contribution in [-0.2, 0) is 0 Å². The van der Waals surface area contributed by atoms with Crippen molar-refractivity contribution >= 4 is 23.3 Å². The number of benzene rings is 2. The summed E-state index contributed by atoms with van der Waals surface area (Å²) >= 11 is 0. The van der Waals surface area contributed by atoms with E-state index >= 15 is 0 Å². The number of rotatable bonds is 3. The summed E-state index contributed by atoms with van der Waals surface area (Å²) in [6.45, 7) is 1.60. The Morgan fingerprint density at radius 1 is 1.14 bits per heavy atom. The van der Waals surface area contributed by atoms with E-state index in [4.69, 9.17) is 10.8 Å². The number of aromatic carboxylic acids is 1. The van der Waals surface area contributed by atoms with Crippen molar-refractivity contribution in [1.82, 2.24) is 0 Å². The Kier molecular flexibility index (Phi) is 3.80. The topological polar surface area (TPSA) is 113 Å². The van der Waals surface area contributed by atoms with Crippen LogP contribution in [0.25, 0.3) is 0 Å². The summed E-state index contributed by atoms with van der Waals surface area (Å²) in [7, 11) is 0. The normalized spacial score (nSPS) is 10.1. The maximum Gasteiger partial charge on any atom is 0.337 e. The zero-order valence-corrected chi connectivity index (χ0v) is 11.3. The molecule has 0 heterocycles. The zero-order valence-electron chi connectivity index (χ0n) is 11.3. The van der Waals surface area contributed by atoms with Gasteiger partial charge in [0.2, 0.25) is 0 Å². The SMILES string of the molecule is Cc1c(O)cccc1C(=O)Nc1ccc(N)cc1C(=O)O. The van der Waals surface area contributed by atoms with E-state index in [2.05, 4.69) is 5.32 Å². The van der Waals surface area contributed by atoms with Crippen molar-refractivity contribution in [2.75, 3.05) is 11.1 Å². The van der Waals surface area contributed by atoms with Crippen LogP contribution in [0.3, 0.4) is 0 Å². The predicted octanol–water partition coefficient (Wildman–Crippen LogP) is 2.23. The van der Waals surface area contributed by atoms with Gasteiger partial charge in [-0.3, -0.25) is 4.79 Å². The Bertz CT molecular complexity index is 726. The fourth-order valence-electron chi connectivity index (χ4n) is 1.91. The van der Waals surface area contributed by atoms with Crippen LogP contribution in [-0.4, -0.2) is 22.1 Å². The van der Waals surface area contributed by atoms with Gasteiger partial charge in [-0.05, 0) is 37.3 Å². The molecule has 2 aromatic carbocycles. The number of amides is 1.